The normalized spacial score (nSPS) is 15.9. The van der Waals surface area contributed by atoms with Crippen molar-refractivity contribution in [2.75, 3.05) is 60.1 Å². The zero-order valence-electron chi connectivity index (χ0n) is 31.1. The van der Waals surface area contributed by atoms with E-state index < -0.39 is 46.7 Å². The third-order valence-corrected chi connectivity index (χ3v) is 11.0. The first-order valence-corrected chi connectivity index (χ1v) is 20.3. The van der Waals surface area contributed by atoms with Crippen LogP contribution in [0, 0.1) is 0 Å². The molecule has 0 aliphatic carbocycles. The van der Waals surface area contributed by atoms with Crippen molar-refractivity contribution >= 4 is 58.0 Å². The van der Waals surface area contributed by atoms with E-state index >= 15 is 8.63 Å². The van der Waals surface area contributed by atoms with Crippen molar-refractivity contribution in [1.82, 2.24) is 20.0 Å². The fourth-order valence-corrected chi connectivity index (χ4v) is 8.11. The number of amides is 2. The first-order valence-electron chi connectivity index (χ1n) is 17.9. The van der Waals surface area contributed by atoms with Crippen molar-refractivity contribution in [2.24, 2.45) is 0 Å². The number of unbranched alkanes of at least 4 members (excludes halogenated alkanes) is 2. The molecule has 292 valence electrons. The molecule has 53 heavy (non-hydrogen) atoms. The average molecular weight is 782 g/mol. The monoisotopic (exact) mass is 781 g/mol. The van der Waals surface area contributed by atoms with Crippen LogP contribution in [0.2, 0.25) is 0 Å². The maximum absolute atomic E-state index is 16.9. The second-order valence-corrected chi connectivity index (χ2v) is 17.3. The van der Waals surface area contributed by atoms with Gasteiger partial charge < -0.3 is 42.7 Å². The summed E-state index contributed by atoms with van der Waals surface area (Å²) in [5.41, 5.74) is 2.95. The van der Waals surface area contributed by atoms with Crippen molar-refractivity contribution in [3.63, 3.8) is 0 Å². The molecule has 2 aromatic rings. The molecule has 13 nitrogen and oxygen atoms in total. The summed E-state index contributed by atoms with van der Waals surface area (Å²) in [6.07, 6.45) is 6.61. The summed E-state index contributed by atoms with van der Waals surface area (Å²) in [6, 6.07) is 3.91. The van der Waals surface area contributed by atoms with Gasteiger partial charge in [0.25, 0.3) is 10.1 Å². The number of carboxylic acids is 1. The summed E-state index contributed by atoms with van der Waals surface area (Å²) in [5.74, 6) is -3.46. The molecule has 2 amide bonds. The minimum atomic E-state index is -4.67. The van der Waals surface area contributed by atoms with Gasteiger partial charge >= 0.3 is 12.9 Å². The lowest BCUT2D eigenvalue weighted by Crippen LogP contribution is -2.52. The molecule has 0 radical (unpaired) electrons. The standard InChI is InChI=1S/C35H51BF2N6O7S2/c1-25-21-27(14-15-33(45)40-28(24-53(49,50)51)35(48)39-16-18-41(2)17-8-6-7-13-34(46)47)42-29(25)23-30-26(11-9-19-44(3,4)5)22-31(32-12-10-20-52-32)43(30)36(42,37)38/h10,12,20-23,28H,6-9,11,13-19,24H2,1-5H3,(H3-,39,40,45,46,47,48,49,50,51)/p+1/t28-/m0/s1. The summed E-state index contributed by atoms with van der Waals surface area (Å²) in [6.45, 7) is -0.578. The molecule has 2 aromatic heterocycles. The number of nitrogens with zero attached hydrogens (tertiary/aromatic N) is 4. The van der Waals surface area contributed by atoms with Gasteiger partial charge in [-0.25, -0.2) is 0 Å². The van der Waals surface area contributed by atoms with Crippen LogP contribution in [0.15, 0.2) is 40.9 Å². The lowest BCUT2D eigenvalue weighted by atomic mass is 9.89. The number of fused-ring (bicyclic) bond motifs is 2. The van der Waals surface area contributed by atoms with Crippen molar-refractivity contribution in [3.8, 4) is 10.6 Å². The second-order valence-electron chi connectivity index (χ2n) is 14.9. The zero-order chi connectivity index (χ0) is 39.1. The molecule has 4 heterocycles. The van der Waals surface area contributed by atoms with Crippen LogP contribution in [0.3, 0.4) is 0 Å². The van der Waals surface area contributed by atoms with Crippen LogP contribution >= 0.6 is 11.3 Å². The number of carbonyl (C=O) groups is 3. The van der Waals surface area contributed by atoms with Crippen LogP contribution in [-0.4, -0.2) is 133 Å². The molecule has 4 rings (SSSR count). The van der Waals surface area contributed by atoms with E-state index in [1.165, 1.54) is 11.3 Å². The molecule has 0 bridgehead atoms. The highest BCUT2D eigenvalue weighted by atomic mass is 32.2. The van der Waals surface area contributed by atoms with E-state index in [0.717, 1.165) is 49.7 Å². The number of thiophene rings is 1. The van der Waals surface area contributed by atoms with Crippen molar-refractivity contribution in [1.29, 1.82) is 0 Å². The van der Waals surface area contributed by atoms with Crippen LogP contribution in [0.5, 0.6) is 0 Å². The van der Waals surface area contributed by atoms with Gasteiger partial charge in [-0.3, -0.25) is 18.9 Å². The van der Waals surface area contributed by atoms with Gasteiger partial charge in [-0.1, -0.05) is 12.5 Å². The highest BCUT2D eigenvalue weighted by molar-refractivity contribution is 7.85. The smallest absolute Gasteiger partial charge is 0.481 e. The van der Waals surface area contributed by atoms with Gasteiger partial charge in [-0.2, -0.15) is 8.42 Å². The Bertz CT molecular complexity index is 1870. The number of halogens is 2. The number of hydrogen-bond donors (Lipinski definition) is 4. The van der Waals surface area contributed by atoms with Crippen LogP contribution in [0.4, 0.5) is 8.63 Å². The Morgan fingerprint density at radius 2 is 1.81 bits per heavy atom. The number of rotatable bonds is 21. The zero-order valence-corrected chi connectivity index (χ0v) is 32.7. The van der Waals surface area contributed by atoms with E-state index in [9.17, 15) is 27.4 Å². The first kappa shape index (κ1) is 42.0. The fourth-order valence-electron chi connectivity index (χ4n) is 6.72. The lowest BCUT2D eigenvalue weighted by molar-refractivity contribution is -0.870. The van der Waals surface area contributed by atoms with Gasteiger partial charge in [0.1, 0.15) is 17.5 Å². The number of carboxylic acid groups (broad SMARTS) is 1. The molecule has 1 atom stereocenters. The summed E-state index contributed by atoms with van der Waals surface area (Å²) >= 11 is 1.38. The summed E-state index contributed by atoms with van der Waals surface area (Å²) in [4.78, 5) is 39.3. The number of carbonyl (C=O) groups excluding carboxylic acids is 2. The number of nitrogens with one attached hydrogen (secondary N) is 2. The van der Waals surface area contributed by atoms with E-state index in [0.29, 0.717) is 48.6 Å². The molecular weight excluding hydrogens is 729 g/mol. The summed E-state index contributed by atoms with van der Waals surface area (Å²) in [5, 5.41) is 15.5. The van der Waals surface area contributed by atoms with E-state index in [1.807, 2.05) is 35.5 Å². The molecule has 4 N–H and O–H groups in total. The number of allylic oxidation sites excluding steroid dienone is 2. The minimum Gasteiger partial charge on any atom is -0.481 e. The summed E-state index contributed by atoms with van der Waals surface area (Å²) in [7, 11) is 3.43. The molecule has 0 aromatic carbocycles. The minimum absolute atomic E-state index is 0.101. The Hall–Kier alpha value is -3.71. The molecule has 0 fully saturated rings. The lowest BCUT2D eigenvalue weighted by Gasteiger charge is -2.31. The highest BCUT2D eigenvalue weighted by Gasteiger charge is 2.54. The molecule has 2 aliphatic rings. The molecule has 0 spiro atoms. The average Bonchev–Trinajstić information content (AvgIpc) is 3.77. The summed E-state index contributed by atoms with van der Waals surface area (Å²) < 4.78 is 69.6. The van der Waals surface area contributed by atoms with Crippen LogP contribution < -0.4 is 10.6 Å². The largest absolute Gasteiger partial charge is 0.737 e. The highest BCUT2D eigenvalue weighted by Crippen LogP contribution is 2.41. The second kappa shape index (κ2) is 17.6. The Morgan fingerprint density at radius 3 is 2.45 bits per heavy atom. The maximum Gasteiger partial charge on any atom is 0.737 e. The third kappa shape index (κ3) is 11.6. The predicted octanol–water partition coefficient (Wildman–Crippen LogP) is 3.69. The van der Waals surface area contributed by atoms with Gasteiger partial charge in [0, 0.05) is 72.8 Å². The number of hydrogen-bond acceptors (Lipinski definition) is 7. The number of aryl methyl sites for hydroxylation is 1. The quantitative estimate of drug-likeness (QED) is 0.0646. The van der Waals surface area contributed by atoms with Crippen molar-refractivity contribution < 1.29 is 50.1 Å². The third-order valence-electron chi connectivity index (χ3n) is 9.32. The number of quaternary nitrogens is 1. The SMILES string of the molecule is CC1=CC(CCC(=O)N[C@@H](CS(=O)(=O)O)C(=O)NCCN(C)CCCCCC(=O)O)=[N+]2C1=Cc1c(CCC[N+](C)(C)C)cc(-c3cccs3)n1[B-]2(F)F. The Kier molecular flexibility index (Phi) is 14.0. The van der Waals surface area contributed by atoms with Crippen LogP contribution in [0.1, 0.15) is 63.1 Å². The Balaban J connectivity index is 1.46. The van der Waals surface area contributed by atoms with Gasteiger partial charge in [-0.05, 0) is 62.9 Å². The molecular formula is C35H52BF2N6O7S2+. The Labute approximate surface area is 314 Å². The van der Waals surface area contributed by atoms with Gasteiger partial charge in [0.05, 0.1) is 27.7 Å². The first-order chi connectivity index (χ1) is 24.8. The van der Waals surface area contributed by atoms with E-state index in [2.05, 4.69) is 31.8 Å². The molecule has 0 saturated carbocycles. The van der Waals surface area contributed by atoms with Crippen LogP contribution in [0.25, 0.3) is 16.6 Å². The van der Waals surface area contributed by atoms with Crippen molar-refractivity contribution in [3.05, 3.63) is 52.2 Å². The van der Waals surface area contributed by atoms with Gasteiger partial charge in [0.15, 0.2) is 5.70 Å². The van der Waals surface area contributed by atoms with E-state index in [-0.39, 0.29) is 31.5 Å². The van der Waals surface area contributed by atoms with Gasteiger partial charge in [-0.15, -0.1) is 11.3 Å². The fraction of sp³-hybridized carbons (Fsp3) is 0.543. The Morgan fingerprint density at radius 1 is 1.08 bits per heavy atom. The number of aliphatic carboxylic acids is 1. The molecule has 0 saturated heterocycles. The van der Waals surface area contributed by atoms with Crippen molar-refractivity contribution in [2.45, 2.75) is 64.3 Å². The molecule has 2 aliphatic heterocycles. The number of aromatic nitrogens is 1. The number of likely N-dealkylation sites (N-methyl/N-ethyl adjacent to an activating group) is 1. The maximum atomic E-state index is 16.9. The van der Waals surface area contributed by atoms with Gasteiger partial charge in [0.2, 0.25) is 11.8 Å². The predicted molar refractivity (Wildman–Crippen MR) is 204 cm³/mol. The molecule has 0 unspecified atom stereocenters. The van der Waals surface area contributed by atoms with Crippen LogP contribution in [-0.2, 0) is 30.9 Å². The van der Waals surface area contributed by atoms with E-state index in [4.69, 9.17) is 5.11 Å². The topological polar surface area (TPSA) is 161 Å². The molecule has 18 heteroatoms. The van der Waals surface area contributed by atoms with E-state index in [1.54, 1.807) is 19.1 Å².